The van der Waals surface area contributed by atoms with Crippen LogP contribution >= 0.6 is 0 Å². The normalized spacial score (nSPS) is 15.0. The van der Waals surface area contributed by atoms with Gasteiger partial charge in [0.25, 0.3) is 10.1 Å². The number of nitrogens with zero attached hydrogens (tertiary/aromatic N) is 3. The van der Waals surface area contributed by atoms with E-state index < -0.39 is 42.8 Å². The van der Waals surface area contributed by atoms with Crippen LogP contribution in [0.25, 0.3) is 10.4 Å². The van der Waals surface area contributed by atoms with Gasteiger partial charge >= 0.3 is 0 Å². The molecule has 3 aromatic carbocycles. The first kappa shape index (κ1) is 37.4. The minimum absolute atomic E-state index is 0.0433. The van der Waals surface area contributed by atoms with Crippen molar-refractivity contribution < 1.29 is 31.2 Å². The van der Waals surface area contributed by atoms with Crippen molar-refractivity contribution >= 4 is 18.4 Å². The standard InChI is InChI=1S/C34H47N3O7SSi/c1-34(2,3)46(5,6)43-25-30(36-37-35)32(41-23-28-18-12-8-13-19-28)33(42-24-29-20-14-9-15-21-29)31(44-45(4,38)39)26-40-22-27-16-10-7-11-17-27/h7-21,30-33H,22-26H2,1-6H3/t30?,31?,32?,33-/m1/s1. The summed E-state index contributed by atoms with van der Waals surface area (Å²) in [5.41, 5.74) is 12.4. The first-order valence-electron chi connectivity index (χ1n) is 15.3. The van der Waals surface area contributed by atoms with E-state index in [1.165, 1.54) is 0 Å². The third-order valence-electron chi connectivity index (χ3n) is 7.95. The van der Waals surface area contributed by atoms with Crippen molar-refractivity contribution in [2.24, 2.45) is 5.11 Å². The number of benzene rings is 3. The molecule has 12 heteroatoms. The summed E-state index contributed by atoms with van der Waals surface area (Å²) in [6, 6.07) is 27.7. The van der Waals surface area contributed by atoms with Crippen molar-refractivity contribution in [3.05, 3.63) is 118 Å². The highest BCUT2D eigenvalue weighted by Gasteiger charge is 2.42. The molecule has 0 saturated heterocycles. The number of ether oxygens (including phenoxy) is 3. The molecule has 0 fully saturated rings. The predicted molar refractivity (Wildman–Crippen MR) is 182 cm³/mol. The van der Waals surface area contributed by atoms with Gasteiger partial charge in [-0.2, -0.15) is 8.42 Å². The zero-order valence-corrected chi connectivity index (χ0v) is 29.4. The molecular weight excluding hydrogens is 623 g/mol. The second-order valence-electron chi connectivity index (χ2n) is 12.7. The van der Waals surface area contributed by atoms with Crippen molar-refractivity contribution in [1.82, 2.24) is 0 Å². The van der Waals surface area contributed by atoms with E-state index in [-0.39, 0.29) is 38.1 Å². The van der Waals surface area contributed by atoms with E-state index in [9.17, 15) is 13.9 Å². The molecule has 46 heavy (non-hydrogen) atoms. The molecule has 0 bridgehead atoms. The number of azide groups is 1. The Morgan fingerprint density at radius 1 is 0.761 bits per heavy atom. The number of rotatable bonds is 19. The first-order chi connectivity index (χ1) is 21.8. The molecule has 0 spiro atoms. The van der Waals surface area contributed by atoms with Gasteiger partial charge in [0.15, 0.2) is 8.32 Å². The highest BCUT2D eigenvalue weighted by Crippen LogP contribution is 2.37. The summed E-state index contributed by atoms with van der Waals surface area (Å²) in [5, 5.41) is 4.03. The SMILES string of the molecule is CC(C)(C)[Si](C)(C)OCC(N=[N+]=[N-])C(OCc1ccccc1)[C@H](OCc1ccccc1)C(COCc1ccccc1)OS(C)(=O)=O. The maximum atomic E-state index is 12.6. The first-order valence-corrected chi connectivity index (χ1v) is 20.0. The lowest BCUT2D eigenvalue weighted by atomic mass is 10.0. The van der Waals surface area contributed by atoms with E-state index >= 15 is 0 Å². The van der Waals surface area contributed by atoms with Crippen LogP contribution < -0.4 is 0 Å². The molecule has 3 aromatic rings. The molecule has 0 aliphatic carbocycles. The van der Waals surface area contributed by atoms with Gasteiger partial charge < -0.3 is 18.6 Å². The molecule has 0 N–H and O–H groups in total. The van der Waals surface area contributed by atoms with Crippen LogP contribution in [0.4, 0.5) is 0 Å². The molecule has 10 nitrogen and oxygen atoms in total. The van der Waals surface area contributed by atoms with Crippen LogP contribution in [-0.4, -0.2) is 60.6 Å². The molecular formula is C34H47N3O7SSi. The van der Waals surface area contributed by atoms with Crippen molar-refractivity contribution in [2.45, 2.75) is 83.1 Å². The highest BCUT2D eigenvalue weighted by molar-refractivity contribution is 7.86. The van der Waals surface area contributed by atoms with Gasteiger partial charge in [-0.3, -0.25) is 4.18 Å². The van der Waals surface area contributed by atoms with Crippen LogP contribution in [0.1, 0.15) is 37.5 Å². The zero-order chi connectivity index (χ0) is 33.6. The molecule has 0 aromatic heterocycles. The average Bonchev–Trinajstić information content (AvgIpc) is 3.01. The second-order valence-corrected chi connectivity index (χ2v) is 19.1. The molecule has 250 valence electrons. The van der Waals surface area contributed by atoms with Crippen LogP contribution in [0.5, 0.6) is 0 Å². The fourth-order valence-corrected chi connectivity index (χ4v) is 6.05. The van der Waals surface area contributed by atoms with E-state index in [1.54, 1.807) is 0 Å². The summed E-state index contributed by atoms with van der Waals surface area (Å²) in [6.45, 7) is 11.0. The van der Waals surface area contributed by atoms with Gasteiger partial charge in [-0.1, -0.05) is 117 Å². The summed E-state index contributed by atoms with van der Waals surface area (Å²) in [5.74, 6) is 0. The predicted octanol–water partition coefficient (Wildman–Crippen LogP) is 7.42. The number of hydrogen-bond donors (Lipinski definition) is 0. The van der Waals surface area contributed by atoms with Crippen molar-refractivity contribution in [3.63, 3.8) is 0 Å². The maximum absolute atomic E-state index is 12.6. The van der Waals surface area contributed by atoms with Crippen LogP contribution in [-0.2, 0) is 52.8 Å². The van der Waals surface area contributed by atoms with Crippen LogP contribution in [0.15, 0.2) is 96.1 Å². The Balaban J connectivity index is 2.04. The molecule has 0 amide bonds. The monoisotopic (exact) mass is 669 g/mol. The van der Waals surface area contributed by atoms with Gasteiger partial charge in [0.2, 0.25) is 0 Å². The van der Waals surface area contributed by atoms with Crippen LogP contribution in [0.2, 0.25) is 18.1 Å². The molecule has 0 saturated carbocycles. The molecule has 3 unspecified atom stereocenters. The molecule has 0 heterocycles. The molecule has 0 aliphatic heterocycles. The van der Waals surface area contributed by atoms with E-state index in [1.807, 2.05) is 91.0 Å². The Morgan fingerprint density at radius 2 is 1.22 bits per heavy atom. The van der Waals surface area contributed by atoms with E-state index in [0.717, 1.165) is 22.9 Å². The highest BCUT2D eigenvalue weighted by atomic mass is 32.2. The third kappa shape index (κ3) is 12.6. The van der Waals surface area contributed by atoms with Crippen LogP contribution in [0.3, 0.4) is 0 Å². The summed E-state index contributed by atoms with van der Waals surface area (Å²) in [4.78, 5) is 3.15. The quantitative estimate of drug-likeness (QED) is 0.0427. The lowest BCUT2D eigenvalue weighted by Crippen LogP contribution is -2.52. The minimum Gasteiger partial charge on any atom is -0.416 e. The third-order valence-corrected chi connectivity index (χ3v) is 13.1. The van der Waals surface area contributed by atoms with Crippen molar-refractivity contribution in [3.8, 4) is 0 Å². The lowest BCUT2D eigenvalue weighted by molar-refractivity contribution is -0.148. The zero-order valence-electron chi connectivity index (χ0n) is 27.6. The van der Waals surface area contributed by atoms with Gasteiger partial charge in [-0.25, -0.2) is 0 Å². The summed E-state index contributed by atoms with van der Waals surface area (Å²) < 4.78 is 56.5. The summed E-state index contributed by atoms with van der Waals surface area (Å²) in [7, 11) is -6.27. The minimum atomic E-state index is -3.98. The maximum Gasteiger partial charge on any atom is 0.264 e. The molecule has 0 radical (unpaired) electrons. The molecule has 3 rings (SSSR count). The summed E-state index contributed by atoms with van der Waals surface area (Å²) in [6.07, 6.45) is -2.19. The van der Waals surface area contributed by atoms with Gasteiger partial charge in [-0.15, -0.1) is 0 Å². The average molecular weight is 670 g/mol. The number of hydrogen-bond acceptors (Lipinski definition) is 8. The van der Waals surface area contributed by atoms with Gasteiger partial charge in [0.1, 0.15) is 12.2 Å². The van der Waals surface area contributed by atoms with E-state index in [4.69, 9.17) is 22.8 Å². The fraction of sp³-hybridized carbons (Fsp3) is 0.471. The Morgan fingerprint density at radius 3 is 1.65 bits per heavy atom. The van der Waals surface area contributed by atoms with Gasteiger partial charge in [-0.05, 0) is 40.4 Å². The Kier molecular flexibility index (Phi) is 14.4. The van der Waals surface area contributed by atoms with E-state index in [0.29, 0.717) is 0 Å². The van der Waals surface area contributed by atoms with Gasteiger partial charge in [0.05, 0.1) is 44.8 Å². The van der Waals surface area contributed by atoms with Crippen molar-refractivity contribution in [1.29, 1.82) is 0 Å². The van der Waals surface area contributed by atoms with Gasteiger partial charge in [0, 0.05) is 11.5 Å². The summed E-state index contributed by atoms with van der Waals surface area (Å²) >= 11 is 0. The fourth-order valence-electron chi connectivity index (χ4n) is 4.41. The van der Waals surface area contributed by atoms with Crippen molar-refractivity contribution in [2.75, 3.05) is 19.5 Å². The molecule has 4 atom stereocenters. The largest absolute Gasteiger partial charge is 0.416 e. The Hall–Kier alpha value is -3.06. The smallest absolute Gasteiger partial charge is 0.264 e. The topological polar surface area (TPSA) is 129 Å². The Labute approximate surface area is 274 Å². The van der Waals surface area contributed by atoms with Crippen LogP contribution in [0, 0.1) is 0 Å². The second kappa shape index (κ2) is 17.7. The van der Waals surface area contributed by atoms with E-state index in [2.05, 4.69) is 43.9 Å². The Bertz CT molecular complexity index is 1470. The lowest BCUT2D eigenvalue weighted by Gasteiger charge is -2.39. The molecule has 0 aliphatic rings.